The van der Waals surface area contributed by atoms with E-state index in [1.54, 1.807) is 29.2 Å². The van der Waals surface area contributed by atoms with Crippen LogP contribution in [0.4, 0.5) is 0 Å². The largest absolute Gasteiger partial charge is 0.332 e. The molecular weight excluding hydrogens is 324 g/mol. The number of carbonyl (C=O) groups excluding carboxylic acids is 2. The molecule has 0 aromatic heterocycles. The summed E-state index contributed by atoms with van der Waals surface area (Å²) in [6.07, 6.45) is 0.872. The van der Waals surface area contributed by atoms with Gasteiger partial charge in [0.2, 0.25) is 5.91 Å². The van der Waals surface area contributed by atoms with Crippen molar-refractivity contribution in [3.05, 3.63) is 70.2 Å². The SMILES string of the molecule is O=C(c1ccccc1Cl)N1CC(=O)N2CCc3ccccc3[C@H]2C1. The van der Waals surface area contributed by atoms with Gasteiger partial charge in [0, 0.05) is 13.1 Å². The highest BCUT2D eigenvalue weighted by atomic mass is 35.5. The van der Waals surface area contributed by atoms with E-state index in [2.05, 4.69) is 12.1 Å². The molecule has 24 heavy (non-hydrogen) atoms. The Balaban J connectivity index is 1.66. The number of nitrogens with zero attached hydrogens (tertiary/aromatic N) is 2. The van der Waals surface area contributed by atoms with Gasteiger partial charge in [-0.25, -0.2) is 0 Å². The molecule has 0 radical (unpaired) electrons. The van der Waals surface area contributed by atoms with Crippen LogP contribution in [0.1, 0.15) is 27.5 Å². The molecule has 1 fully saturated rings. The smallest absolute Gasteiger partial charge is 0.255 e. The molecule has 0 spiro atoms. The molecule has 2 aromatic rings. The summed E-state index contributed by atoms with van der Waals surface area (Å²) in [7, 11) is 0. The van der Waals surface area contributed by atoms with Crippen LogP contribution in [0.15, 0.2) is 48.5 Å². The van der Waals surface area contributed by atoms with Crippen LogP contribution in [0.5, 0.6) is 0 Å². The van der Waals surface area contributed by atoms with Gasteiger partial charge in [0.1, 0.15) is 6.54 Å². The molecule has 0 aliphatic carbocycles. The molecule has 1 atom stereocenters. The predicted molar refractivity (Wildman–Crippen MR) is 92.0 cm³/mol. The van der Waals surface area contributed by atoms with Crippen LogP contribution in [-0.2, 0) is 11.2 Å². The Bertz CT molecular complexity index is 821. The van der Waals surface area contributed by atoms with Gasteiger partial charge in [-0.3, -0.25) is 9.59 Å². The molecule has 0 saturated carbocycles. The third kappa shape index (κ3) is 2.47. The maximum Gasteiger partial charge on any atom is 0.255 e. The van der Waals surface area contributed by atoms with Crippen molar-refractivity contribution in [1.29, 1.82) is 0 Å². The predicted octanol–water partition coefficient (Wildman–Crippen LogP) is 2.92. The third-order valence-electron chi connectivity index (χ3n) is 4.84. The maximum absolute atomic E-state index is 12.8. The minimum Gasteiger partial charge on any atom is -0.332 e. The van der Waals surface area contributed by atoms with E-state index in [1.807, 2.05) is 17.0 Å². The summed E-state index contributed by atoms with van der Waals surface area (Å²) in [5.41, 5.74) is 2.86. The molecule has 0 N–H and O–H groups in total. The van der Waals surface area contributed by atoms with Gasteiger partial charge in [0.15, 0.2) is 0 Å². The minimum atomic E-state index is -0.184. The summed E-state index contributed by atoms with van der Waals surface area (Å²) in [6.45, 7) is 1.34. The van der Waals surface area contributed by atoms with E-state index >= 15 is 0 Å². The van der Waals surface area contributed by atoms with E-state index in [0.29, 0.717) is 23.7 Å². The van der Waals surface area contributed by atoms with Crippen molar-refractivity contribution < 1.29 is 9.59 Å². The molecule has 4 rings (SSSR count). The molecule has 2 heterocycles. The summed E-state index contributed by atoms with van der Waals surface area (Å²) in [6, 6.07) is 15.1. The van der Waals surface area contributed by atoms with Crippen molar-refractivity contribution in [1.82, 2.24) is 9.80 Å². The van der Waals surface area contributed by atoms with Gasteiger partial charge in [-0.1, -0.05) is 48.0 Å². The summed E-state index contributed by atoms with van der Waals surface area (Å²) in [4.78, 5) is 28.9. The van der Waals surface area contributed by atoms with Crippen LogP contribution >= 0.6 is 11.6 Å². The number of amides is 2. The molecule has 0 unspecified atom stereocenters. The summed E-state index contributed by atoms with van der Waals surface area (Å²) < 4.78 is 0. The Morgan fingerprint density at radius 3 is 2.67 bits per heavy atom. The van der Waals surface area contributed by atoms with E-state index < -0.39 is 0 Å². The number of hydrogen-bond donors (Lipinski definition) is 0. The van der Waals surface area contributed by atoms with Crippen molar-refractivity contribution >= 4 is 23.4 Å². The molecule has 5 heteroatoms. The number of rotatable bonds is 1. The van der Waals surface area contributed by atoms with Gasteiger partial charge in [0.05, 0.1) is 16.6 Å². The number of fused-ring (bicyclic) bond motifs is 3. The van der Waals surface area contributed by atoms with Crippen LogP contribution in [0, 0.1) is 0 Å². The van der Waals surface area contributed by atoms with E-state index in [1.165, 1.54) is 5.56 Å². The lowest BCUT2D eigenvalue weighted by molar-refractivity contribution is -0.139. The zero-order chi connectivity index (χ0) is 16.7. The van der Waals surface area contributed by atoms with Gasteiger partial charge in [0.25, 0.3) is 5.91 Å². The molecule has 2 aliphatic rings. The van der Waals surface area contributed by atoms with Gasteiger partial charge >= 0.3 is 0 Å². The highest BCUT2D eigenvalue weighted by Gasteiger charge is 2.38. The molecule has 122 valence electrons. The van der Waals surface area contributed by atoms with Crippen molar-refractivity contribution in [3.63, 3.8) is 0 Å². The quantitative estimate of drug-likeness (QED) is 0.801. The van der Waals surface area contributed by atoms with Gasteiger partial charge in [-0.05, 0) is 29.7 Å². The molecule has 1 saturated heterocycles. The van der Waals surface area contributed by atoms with E-state index in [0.717, 1.165) is 12.0 Å². The zero-order valence-corrected chi connectivity index (χ0v) is 13.9. The fourth-order valence-electron chi connectivity index (χ4n) is 3.63. The number of benzene rings is 2. The summed E-state index contributed by atoms with van der Waals surface area (Å²) in [5.74, 6) is -0.183. The summed E-state index contributed by atoms with van der Waals surface area (Å²) >= 11 is 6.15. The normalized spacial score (nSPS) is 19.7. The number of halogens is 1. The summed E-state index contributed by atoms with van der Waals surface area (Å²) in [5, 5.41) is 0.418. The number of carbonyl (C=O) groups is 2. The Morgan fingerprint density at radius 2 is 1.83 bits per heavy atom. The fraction of sp³-hybridized carbons (Fsp3) is 0.263. The van der Waals surface area contributed by atoms with Crippen LogP contribution in [0.25, 0.3) is 0 Å². The minimum absolute atomic E-state index is 0.00107. The first-order chi connectivity index (χ1) is 11.6. The zero-order valence-electron chi connectivity index (χ0n) is 13.1. The monoisotopic (exact) mass is 340 g/mol. The first kappa shape index (κ1) is 15.2. The molecule has 2 amide bonds. The number of hydrogen-bond acceptors (Lipinski definition) is 2. The highest BCUT2D eigenvalue weighted by Crippen LogP contribution is 2.33. The van der Waals surface area contributed by atoms with Crippen LogP contribution in [-0.4, -0.2) is 41.2 Å². The fourth-order valence-corrected chi connectivity index (χ4v) is 3.85. The molecule has 4 nitrogen and oxygen atoms in total. The Morgan fingerprint density at radius 1 is 1.08 bits per heavy atom. The first-order valence-electron chi connectivity index (χ1n) is 8.06. The second-order valence-electron chi connectivity index (χ2n) is 6.22. The lowest BCUT2D eigenvalue weighted by Gasteiger charge is -2.44. The molecule has 2 aliphatic heterocycles. The lowest BCUT2D eigenvalue weighted by atomic mass is 9.90. The maximum atomic E-state index is 12.8. The van der Waals surface area contributed by atoms with Gasteiger partial charge in [-0.2, -0.15) is 0 Å². The van der Waals surface area contributed by atoms with E-state index in [4.69, 9.17) is 11.6 Å². The Kier molecular flexibility index (Phi) is 3.77. The molecular formula is C19H17ClN2O2. The third-order valence-corrected chi connectivity index (χ3v) is 5.17. The van der Waals surface area contributed by atoms with E-state index in [-0.39, 0.29) is 24.4 Å². The second kappa shape index (κ2) is 5.95. The second-order valence-corrected chi connectivity index (χ2v) is 6.62. The van der Waals surface area contributed by atoms with Crippen LogP contribution < -0.4 is 0 Å². The van der Waals surface area contributed by atoms with Gasteiger partial charge < -0.3 is 9.80 Å². The van der Waals surface area contributed by atoms with Crippen LogP contribution in [0.2, 0.25) is 5.02 Å². The topological polar surface area (TPSA) is 40.6 Å². The first-order valence-corrected chi connectivity index (χ1v) is 8.44. The molecule has 2 aromatic carbocycles. The average molecular weight is 341 g/mol. The Hall–Kier alpha value is -2.33. The molecule has 0 bridgehead atoms. The van der Waals surface area contributed by atoms with Crippen LogP contribution in [0.3, 0.4) is 0 Å². The lowest BCUT2D eigenvalue weighted by Crippen LogP contribution is -2.55. The number of piperazine rings is 1. The van der Waals surface area contributed by atoms with E-state index in [9.17, 15) is 9.59 Å². The van der Waals surface area contributed by atoms with Crippen molar-refractivity contribution in [3.8, 4) is 0 Å². The van der Waals surface area contributed by atoms with Gasteiger partial charge in [-0.15, -0.1) is 0 Å². The Labute approximate surface area is 145 Å². The highest BCUT2D eigenvalue weighted by molar-refractivity contribution is 6.33. The standard InChI is InChI=1S/C19H17ClN2O2/c20-16-8-4-3-7-15(16)19(24)21-11-17-14-6-2-1-5-13(14)9-10-22(17)18(23)12-21/h1-8,17H,9-12H2/t17-/m1/s1. The van der Waals surface area contributed by atoms with Crippen molar-refractivity contribution in [2.75, 3.05) is 19.6 Å². The van der Waals surface area contributed by atoms with Crippen molar-refractivity contribution in [2.24, 2.45) is 0 Å². The average Bonchev–Trinajstić information content (AvgIpc) is 2.61. The van der Waals surface area contributed by atoms with Crippen molar-refractivity contribution in [2.45, 2.75) is 12.5 Å².